The molecule has 0 unspecified atom stereocenters. The number of carbonyl (C=O) groups excluding carboxylic acids is 1. The Morgan fingerprint density at radius 2 is 2.27 bits per heavy atom. The summed E-state index contributed by atoms with van der Waals surface area (Å²) in [6, 6.07) is 0. The van der Waals surface area contributed by atoms with Gasteiger partial charge in [-0.25, -0.2) is 9.78 Å². The average Bonchev–Trinajstić information content (AvgIpc) is 1.98. The first-order valence-corrected chi connectivity index (χ1v) is 3.25. The molecule has 0 radical (unpaired) electrons. The van der Waals surface area contributed by atoms with E-state index in [-0.39, 0.29) is 16.1 Å². The van der Waals surface area contributed by atoms with E-state index in [1.54, 1.807) is 0 Å². The Balaban J connectivity index is 3.14. The van der Waals surface area contributed by atoms with Crippen LogP contribution in [0.25, 0.3) is 0 Å². The predicted octanol–water partition coefficient (Wildman–Crippen LogP) is 1.75. The summed E-state index contributed by atoms with van der Waals surface area (Å²) in [5, 5.41) is 0.284. The van der Waals surface area contributed by atoms with Crippen LogP contribution in [0.4, 0.5) is 5.95 Å². The van der Waals surface area contributed by atoms with Crippen molar-refractivity contribution in [1.82, 2.24) is 9.97 Å². The third-order valence-electron chi connectivity index (χ3n) is 0.834. The van der Waals surface area contributed by atoms with Gasteiger partial charge in [0.05, 0.1) is 11.2 Å². The zero-order chi connectivity index (χ0) is 8.27. The van der Waals surface area contributed by atoms with E-state index in [4.69, 9.17) is 23.2 Å². The first-order chi connectivity index (χ1) is 5.24. The molecule has 0 fully saturated rings. The average molecular weight is 190 g/mol. The Morgan fingerprint density at radius 3 is 2.82 bits per heavy atom. The standard InChI is InChI=1S/C5HCl2N3O/c6-3-1-8-5(9-2-11)10-4(3)7/h1H. The fourth-order valence-electron chi connectivity index (χ4n) is 0.432. The number of rotatable bonds is 1. The molecular formula is C5HCl2N3O. The summed E-state index contributed by atoms with van der Waals surface area (Å²) in [6.45, 7) is 0. The van der Waals surface area contributed by atoms with E-state index < -0.39 is 0 Å². The van der Waals surface area contributed by atoms with E-state index in [1.165, 1.54) is 12.3 Å². The topological polar surface area (TPSA) is 55.2 Å². The highest BCUT2D eigenvalue weighted by Gasteiger charge is 2.00. The summed E-state index contributed by atoms with van der Waals surface area (Å²) in [5.74, 6) is -0.0469. The van der Waals surface area contributed by atoms with Crippen LogP contribution in [0.5, 0.6) is 0 Å². The third kappa shape index (κ3) is 1.98. The van der Waals surface area contributed by atoms with Crippen LogP contribution in [0.3, 0.4) is 0 Å². The number of hydrogen-bond acceptors (Lipinski definition) is 4. The Kier molecular flexibility index (Phi) is 2.54. The van der Waals surface area contributed by atoms with Gasteiger partial charge in [0.25, 0.3) is 5.95 Å². The lowest BCUT2D eigenvalue weighted by Crippen LogP contribution is -1.81. The molecule has 56 valence electrons. The molecule has 1 rings (SSSR count). The van der Waals surface area contributed by atoms with Crippen molar-refractivity contribution in [3.8, 4) is 0 Å². The van der Waals surface area contributed by atoms with Crippen LogP contribution in [0.2, 0.25) is 10.2 Å². The first-order valence-electron chi connectivity index (χ1n) is 2.50. The summed E-state index contributed by atoms with van der Waals surface area (Å²) in [6.07, 6.45) is 2.54. The maximum atomic E-state index is 9.72. The smallest absolute Gasteiger partial charge is 0.217 e. The van der Waals surface area contributed by atoms with Gasteiger partial charge in [0.1, 0.15) is 0 Å². The van der Waals surface area contributed by atoms with Gasteiger partial charge in [-0.2, -0.15) is 4.98 Å². The van der Waals surface area contributed by atoms with Gasteiger partial charge in [0.15, 0.2) is 5.15 Å². The molecule has 0 saturated carbocycles. The minimum absolute atomic E-state index is 0.0469. The minimum atomic E-state index is -0.0469. The number of halogens is 2. The highest BCUT2D eigenvalue weighted by Crippen LogP contribution is 2.19. The Bertz CT molecular complexity index is 322. The van der Waals surface area contributed by atoms with Gasteiger partial charge in [-0.1, -0.05) is 23.2 Å². The number of nitrogens with zero attached hydrogens (tertiary/aromatic N) is 3. The molecule has 0 spiro atoms. The summed E-state index contributed by atoms with van der Waals surface area (Å²) in [4.78, 5) is 20.0. The largest absolute Gasteiger partial charge is 0.261 e. The molecule has 0 saturated heterocycles. The monoisotopic (exact) mass is 189 g/mol. The van der Waals surface area contributed by atoms with Crippen molar-refractivity contribution in [1.29, 1.82) is 0 Å². The lowest BCUT2D eigenvalue weighted by atomic mass is 10.7. The third-order valence-corrected chi connectivity index (χ3v) is 1.50. The molecule has 0 aliphatic heterocycles. The van der Waals surface area contributed by atoms with E-state index in [9.17, 15) is 4.79 Å². The van der Waals surface area contributed by atoms with Crippen molar-refractivity contribution in [2.45, 2.75) is 0 Å². The molecule has 0 N–H and O–H groups in total. The minimum Gasteiger partial charge on any atom is -0.217 e. The van der Waals surface area contributed by atoms with Gasteiger partial charge in [0.2, 0.25) is 6.08 Å². The molecule has 11 heavy (non-hydrogen) atoms. The predicted molar refractivity (Wildman–Crippen MR) is 39.8 cm³/mol. The zero-order valence-corrected chi connectivity index (χ0v) is 6.60. The van der Waals surface area contributed by atoms with Crippen LogP contribution in [-0.2, 0) is 4.79 Å². The van der Waals surface area contributed by atoms with Crippen molar-refractivity contribution < 1.29 is 4.79 Å². The van der Waals surface area contributed by atoms with Crippen molar-refractivity contribution in [3.63, 3.8) is 0 Å². The maximum Gasteiger partial charge on any atom is 0.261 e. The highest BCUT2D eigenvalue weighted by molar-refractivity contribution is 6.41. The van der Waals surface area contributed by atoms with E-state index in [0.29, 0.717) is 0 Å². The molecule has 0 bridgehead atoms. The Morgan fingerprint density at radius 1 is 1.55 bits per heavy atom. The summed E-state index contributed by atoms with van der Waals surface area (Å²) in [7, 11) is 0. The van der Waals surface area contributed by atoms with Crippen molar-refractivity contribution >= 4 is 35.2 Å². The molecule has 0 aromatic carbocycles. The van der Waals surface area contributed by atoms with Gasteiger partial charge >= 0.3 is 0 Å². The van der Waals surface area contributed by atoms with Crippen molar-refractivity contribution in [2.24, 2.45) is 4.99 Å². The lowest BCUT2D eigenvalue weighted by molar-refractivity contribution is 0.565. The molecule has 1 aromatic rings. The highest BCUT2D eigenvalue weighted by atomic mass is 35.5. The normalized spacial score (nSPS) is 8.91. The van der Waals surface area contributed by atoms with Gasteiger partial charge < -0.3 is 0 Å². The molecule has 0 aliphatic rings. The number of hydrogen-bond donors (Lipinski definition) is 0. The Hall–Kier alpha value is -0.960. The van der Waals surface area contributed by atoms with E-state index in [1.807, 2.05) is 0 Å². The first kappa shape index (κ1) is 8.14. The van der Waals surface area contributed by atoms with Gasteiger partial charge in [-0.15, -0.1) is 4.99 Å². The number of aromatic nitrogens is 2. The SMILES string of the molecule is O=C=Nc1ncc(Cl)c(Cl)n1. The van der Waals surface area contributed by atoms with E-state index >= 15 is 0 Å². The van der Waals surface area contributed by atoms with Gasteiger partial charge in [-0.3, -0.25) is 0 Å². The lowest BCUT2D eigenvalue weighted by Gasteiger charge is -1.91. The molecule has 1 heterocycles. The van der Waals surface area contributed by atoms with Crippen LogP contribution in [-0.4, -0.2) is 16.0 Å². The van der Waals surface area contributed by atoms with Crippen LogP contribution in [0, 0.1) is 0 Å². The number of isocyanates is 1. The van der Waals surface area contributed by atoms with Crippen LogP contribution >= 0.6 is 23.2 Å². The molecule has 0 atom stereocenters. The van der Waals surface area contributed by atoms with Crippen molar-refractivity contribution in [2.75, 3.05) is 0 Å². The van der Waals surface area contributed by atoms with E-state index in [2.05, 4.69) is 15.0 Å². The Labute approximate surface area is 71.9 Å². The fraction of sp³-hybridized carbons (Fsp3) is 0. The molecule has 0 aliphatic carbocycles. The molecule has 0 amide bonds. The van der Waals surface area contributed by atoms with Crippen LogP contribution in [0.1, 0.15) is 0 Å². The fourth-order valence-corrected chi connectivity index (χ4v) is 0.648. The molecule has 6 heteroatoms. The van der Waals surface area contributed by atoms with Crippen LogP contribution < -0.4 is 0 Å². The zero-order valence-electron chi connectivity index (χ0n) is 5.08. The second-order valence-electron chi connectivity index (χ2n) is 1.51. The van der Waals surface area contributed by atoms with Crippen molar-refractivity contribution in [3.05, 3.63) is 16.4 Å². The number of aliphatic imine (C=N–C) groups is 1. The van der Waals surface area contributed by atoms with Gasteiger partial charge in [0, 0.05) is 0 Å². The molecular weight excluding hydrogens is 189 g/mol. The molecule has 1 aromatic heterocycles. The molecule has 4 nitrogen and oxygen atoms in total. The maximum absolute atomic E-state index is 9.72. The second kappa shape index (κ2) is 3.44. The quantitative estimate of drug-likeness (QED) is 0.385. The summed E-state index contributed by atoms with van der Waals surface area (Å²) in [5.41, 5.74) is 0. The summed E-state index contributed by atoms with van der Waals surface area (Å²) >= 11 is 11.0. The summed E-state index contributed by atoms with van der Waals surface area (Å²) < 4.78 is 0. The van der Waals surface area contributed by atoms with E-state index in [0.717, 1.165) is 0 Å². The second-order valence-corrected chi connectivity index (χ2v) is 2.28. The van der Waals surface area contributed by atoms with Crippen LogP contribution in [0.15, 0.2) is 11.2 Å². The van der Waals surface area contributed by atoms with Gasteiger partial charge in [-0.05, 0) is 0 Å².